The molecular formula is C22H21ClN4O2S. The van der Waals surface area contributed by atoms with Gasteiger partial charge in [-0.25, -0.2) is 0 Å². The van der Waals surface area contributed by atoms with Gasteiger partial charge in [0.2, 0.25) is 0 Å². The van der Waals surface area contributed by atoms with E-state index >= 15 is 0 Å². The molecule has 4 rings (SSSR count). The predicted molar refractivity (Wildman–Crippen MR) is 122 cm³/mol. The van der Waals surface area contributed by atoms with Crippen molar-refractivity contribution in [1.29, 1.82) is 0 Å². The van der Waals surface area contributed by atoms with Gasteiger partial charge in [0.05, 0.1) is 35.1 Å². The highest BCUT2D eigenvalue weighted by Crippen LogP contribution is 2.37. The van der Waals surface area contributed by atoms with Gasteiger partial charge in [-0.3, -0.25) is 4.79 Å². The molecular weight excluding hydrogens is 420 g/mol. The second-order valence-corrected chi connectivity index (χ2v) is 7.84. The van der Waals surface area contributed by atoms with Crippen molar-refractivity contribution in [3.05, 3.63) is 76.4 Å². The van der Waals surface area contributed by atoms with Gasteiger partial charge < -0.3 is 25.6 Å². The highest BCUT2D eigenvalue weighted by atomic mass is 35.5. The fraction of sp³-hybridized carbons (Fsp3) is 0.182. The first-order valence-corrected chi connectivity index (χ1v) is 10.3. The fourth-order valence-electron chi connectivity index (χ4n) is 3.72. The Morgan fingerprint density at radius 3 is 2.47 bits per heavy atom. The number of fused-ring (bicyclic) bond motifs is 1. The number of halogens is 1. The lowest BCUT2D eigenvalue weighted by molar-refractivity contribution is 0.0998. The number of thiocarbonyl (C=S) groups is 1. The van der Waals surface area contributed by atoms with Crippen LogP contribution in [-0.4, -0.2) is 32.1 Å². The fourth-order valence-corrected chi connectivity index (χ4v) is 4.41. The number of nitrogens with two attached hydrogens (primary N) is 1. The summed E-state index contributed by atoms with van der Waals surface area (Å²) in [6.07, 6.45) is 0. The van der Waals surface area contributed by atoms with Gasteiger partial charge in [0, 0.05) is 18.8 Å². The smallest absolute Gasteiger partial charge is 0.252 e. The molecule has 2 aromatic carbocycles. The highest BCUT2D eigenvalue weighted by molar-refractivity contribution is 7.80. The zero-order valence-corrected chi connectivity index (χ0v) is 17.7. The summed E-state index contributed by atoms with van der Waals surface area (Å²) in [6, 6.07) is 17.1. The van der Waals surface area contributed by atoms with Crippen LogP contribution in [0.1, 0.15) is 21.6 Å². The molecule has 154 valence electrons. The van der Waals surface area contributed by atoms with E-state index in [1.54, 1.807) is 0 Å². The number of nitrogens with one attached hydrogen (secondary N) is 1. The van der Waals surface area contributed by atoms with Gasteiger partial charge >= 0.3 is 0 Å². The third-order valence-corrected chi connectivity index (χ3v) is 5.94. The normalized spacial score (nSPS) is 13.1. The van der Waals surface area contributed by atoms with Crippen molar-refractivity contribution in [3.8, 4) is 11.3 Å². The number of aliphatic hydroxyl groups is 1. The summed E-state index contributed by atoms with van der Waals surface area (Å²) in [5.74, 6) is -0.550. The number of benzene rings is 2. The number of amides is 1. The molecule has 1 aliphatic rings. The minimum Gasteiger partial charge on any atom is -0.392 e. The average Bonchev–Trinajstić information content (AvgIpc) is 3.06. The molecule has 1 amide bonds. The van der Waals surface area contributed by atoms with E-state index in [-0.39, 0.29) is 6.61 Å². The molecule has 0 aliphatic carbocycles. The van der Waals surface area contributed by atoms with E-state index in [2.05, 4.69) is 9.88 Å². The Hall–Kier alpha value is -2.87. The molecule has 0 radical (unpaired) electrons. The van der Waals surface area contributed by atoms with Gasteiger partial charge in [-0.05, 0) is 35.5 Å². The lowest BCUT2D eigenvalue weighted by atomic mass is 10.1. The Labute approximate surface area is 184 Å². The van der Waals surface area contributed by atoms with Gasteiger partial charge in [-0.1, -0.05) is 54.1 Å². The summed E-state index contributed by atoms with van der Waals surface area (Å²) in [4.78, 5) is 14.2. The average molecular weight is 441 g/mol. The first-order chi connectivity index (χ1) is 14.5. The van der Waals surface area contributed by atoms with E-state index in [0.717, 1.165) is 28.2 Å². The predicted octanol–water partition coefficient (Wildman–Crippen LogP) is 3.61. The summed E-state index contributed by atoms with van der Waals surface area (Å²) in [6.45, 7) is 1.70. The van der Waals surface area contributed by atoms with Crippen molar-refractivity contribution in [1.82, 2.24) is 9.47 Å². The number of nitrogens with zero attached hydrogens (tertiary/aromatic N) is 2. The molecule has 0 atom stereocenters. The number of rotatable bonds is 4. The molecule has 0 saturated carbocycles. The van der Waals surface area contributed by atoms with Gasteiger partial charge in [0.15, 0.2) is 5.11 Å². The molecule has 0 spiro atoms. The molecule has 2 heterocycles. The van der Waals surface area contributed by atoms with Crippen LogP contribution in [0.5, 0.6) is 0 Å². The number of carbonyl (C=O) groups is 1. The van der Waals surface area contributed by atoms with E-state index in [1.807, 2.05) is 59.5 Å². The summed E-state index contributed by atoms with van der Waals surface area (Å²) >= 11 is 12.2. The van der Waals surface area contributed by atoms with E-state index in [4.69, 9.17) is 29.6 Å². The van der Waals surface area contributed by atoms with Crippen LogP contribution in [0.3, 0.4) is 0 Å². The molecule has 0 bridgehead atoms. The summed E-state index contributed by atoms with van der Waals surface area (Å²) in [7, 11) is 0. The number of carbonyl (C=O) groups excluding carboxylic acids is 1. The van der Waals surface area contributed by atoms with Gasteiger partial charge in [-0.2, -0.15) is 0 Å². The first kappa shape index (κ1) is 20.4. The third-order valence-electron chi connectivity index (χ3n) is 5.21. The molecule has 4 N–H and O–H groups in total. The Kier molecular flexibility index (Phi) is 5.76. The Balaban J connectivity index is 1.63. The van der Waals surface area contributed by atoms with Crippen LogP contribution >= 0.6 is 23.8 Å². The van der Waals surface area contributed by atoms with Crippen molar-refractivity contribution in [2.45, 2.75) is 19.7 Å². The van der Waals surface area contributed by atoms with Crippen LogP contribution < -0.4 is 11.1 Å². The standard InChI is InChI=1S/C22H21ClN4O2S/c23-19-18(21(24)29)17-12-26(22(30)25-16-8-6-14(13-28)7-9-16)10-11-27(17)20(19)15-4-2-1-3-5-15/h1-9,28H,10-13H2,(H2,24,29)(H,25,30). The molecule has 3 aromatic rings. The quantitative estimate of drug-likeness (QED) is 0.540. The maximum Gasteiger partial charge on any atom is 0.252 e. The second-order valence-electron chi connectivity index (χ2n) is 7.07. The summed E-state index contributed by atoms with van der Waals surface area (Å²) in [5, 5.41) is 13.3. The molecule has 0 fully saturated rings. The van der Waals surface area contributed by atoms with Crippen LogP contribution in [-0.2, 0) is 19.7 Å². The van der Waals surface area contributed by atoms with E-state index in [0.29, 0.717) is 35.3 Å². The van der Waals surface area contributed by atoms with E-state index in [9.17, 15) is 9.90 Å². The van der Waals surface area contributed by atoms with Crippen molar-refractivity contribution >= 4 is 40.5 Å². The molecule has 8 heteroatoms. The number of hydrogen-bond acceptors (Lipinski definition) is 3. The largest absolute Gasteiger partial charge is 0.392 e. The van der Waals surface area contributed by atoms with Gasteiger partial charge in [0.1, 0.15) is 0 Å². The van der Waals surface area contributed by atoms with Crippen LogP contribution in [0.4, 0.5) is 5.69 Å². The molecule has 6 nitrogen and oxygen atoms in total. The minimum absolute atomic E-state index is 0.00571. The Bertz CT molecular complexity index is 1100. The minimum atomic E-state index is -0.550. The molecule has 0 saturated heterocycles. The lowest BCUT2D eigenvalue weighted by Crippen LogP contribution is -2.41. The number of primary amides is 1. The molecule has 1 aromatic heterocycles. The van der Waals surface area contributed by atoms with Crippen LogP contribution in [0.2, 0.25) is 5.02 Å². The Morgan fingerprint density at radius 1 is 1.13 bits per heavy atom. The van der Waals surface area contributed by atoms with Crippen molar-refractivity contribution < 1.29 is 9.90 Å². The number of aliphatic hydroxyl groups excluding tert-OH is 1. The maximum absolute atomic E-state index is 12.2. The van der Waals surface area contributed by atoms with Crippen molar-refractivity contribution in [2.24, 2.45) is 5.73 Å². The third kappa shape index (κ3) is 3.79. The summed E-state index contributed by atoms with van der Waals surface area (Å²) in [5.41, 5.74) is 10.2. The van der Waals surface area contributed by atoms with Crippen LogP contribution in [0, 0.1) is 0 Å². The maximum atomic E-state index is 12.2. The first-order valence-electron chi connectivity index (χ1n) is 9.51. The lowest BCUT2D eigenvalue weighted by Gasteiger charge is -2.32. The van der Waals surface area contributed by atoms with Crippen LogP contribution in [0.15, 0.2) is 54.6 Å². The van der Waals surface area contributed by atoms with Crippen molar-refractivity contribution in [3.63, 3.8) is 0 Å². The van der Waals surface area contributed by atoms with E-state index < -0.39 is 5.91 Å². The number of hydrogen-bond donors (Lipinski definition) is 3. The second kappa shape index (κ2) is 8.47. The van der Waals surface area contributed by atoms with Crippen molar-refractivity contribution in [2.75, 3.05) is 11.9 Å². The van der Waals surface area contributed by atoms with Crippen LogP contribution in [0.25, 0.3) is 11.3 Å². The van der Waals surface area contributed by atoms with Gasteiger partial charge in [0.25, 0.3) is 5.91 Å². The zero-order valence-electron chi connectivity index (χ0n) is 16.1. The topological polar surface area (TPSA) is 83.5 Å². The SMILES string of the molecule is NC(=O)c1c(Cl)c(-c2ccccc2)n2c1CN(C(=S)Nc1ccc(CO)cc1)CC2. The monoisotopic (exact) mass is 440 g/mol. The zero-order chi connectivity index (χ0) is 21.3. The highest BCUT2D eigenvalue weighted by Gasteiger charge is 2.30. The van der Waals surface area contributed by atoms with E-state index in [1.165, 1.54) is 0 Å². The molecule has 1 aliphatic heterocycles. The molecule has 0 unspecified atom stereocenters. The number of aromatic nitrogens is 1. The molecule has 30 heavy (non-hydrogen) atoms. The Morgan fingerprint density at radius 2 is 1.83 bits per heavy atom. The van der Waals surface area contributed by atoms with Gasteiger partial charge in [-0.15, -0.1) is 0 Å². The summed E-state index contributed by atoms with van der Waals surface area (Å²) < 4.78 is 2.06. The number of anilines is 1.